The zero-order valence-electron chi connectivity index (χ0n) is 12.2. The number of carbonyl (C=O) groups excluding carboxylic acids is 1. The van der Waals surface area contributed by atoms with Gasteiger partial charge in [0.2, 0.25) is 5.91 Å². The molecule has 6 heteroatoms. The van der Waals surface area contributed by atoms with Gasteiger partial charge in [-0.1, -0.05) is 24.3 Å². The molecule has 0 aromatic heterocycles. The zero-order valence-corrected chi connectivity index (χ0v) is 13.0. The molecule has 116 valence electrons. The molecule has 2 aromatic rings. The quantitative estimate of drug-likeness (QED) is 0.888. The second-order valence-corrected chi connectivity index (χ2v) is 6.77. The van der Waals surface area contributed by atoms with Crippen LogP contribution in [0.5, 0.6) is 5.75 Å². The lowest BCUT2D eigenvalue weighted by atomic mass is 10.3. The summed E-state index contributed by atoms with van der Waals surface area (Å²) in [7, 11) is -1.91. The number of rotatable bonds is 6. The lowest BCUT2D eigenvalue weighted by molar-refractivity contribution is -0.115. The summed E-state index contributed by atoms with van der Waals surface area (Å²) < 4.78 is 29.2. The Balaban J connectivity index is 1.95. The molecule has 0 aliphatic heterocycles. The van der Waals surface area contributed by atoms with Crippen molar-refractivity contribution in [2.24, 2.45) is 0 Å². The molecule has 0 spiro atoms. The number of benzene rings is 2. The molecule has 0 saturated heterocycles. The van der Waals surface area contributed by atoms with Crippen LogP contribution in [-0.2, 0) is 14.6 Å². The summed E-state index contributed by atoms with van der Waals surface area (Å²) in [5, 5.41) is 2.66. The Labute approximate surface area is 129 Å². The van der Waals surface area contributed by atoms with E-state index in [-0.39, 0.29) is 23.0 Å². The van der Waals surface area contributed by atoms with Crippen LogP contribution in [0.15, 0.2) is 59.5 Å². The molecule has 0 atom stereocenters. The lowest BCUT2D eigenvalue weighted by Gasteiger charge is -2.07. The lowest BCUT2D eigenvalue weighted by Crippen LogP contribution is -2.17. The van der Waals surface area contributed by atoms with Crippen LogP contribution >= 0.6 is 0 Å². The van der Waals surface area contributed by atoms with Crippen molar-refractivity contribution < 1.29 is 17.9 Å². The van der Waals surface area contributed by atoms with Gasteiger partial charge in [0.1, 0.15) is 5.75 Å². The maximum absolute atomic E-state index is 12.1. The highest BCUT2D eigenvalue weighted by molar-refractivity contribution is 7.91. The predicted molar refractivity (Wildman–Crippen MR) is 84.7 cm³/mol. The Bertz CT molecular complexity index is 742. The maximum Gasteiger partial charge on any atom is 0.225 e. The van der Waals surface area contributed by atoms with Gasteiger partial charge in [0.25, 0.3) is 0 Å². The number of hydrogen-bond donors (Lipinski definition) is 1. The van der Waals surface area contributed by atoms with E-state index < -0.39 is 9.84 Å². The third kappa shape index (κ3) is 4.33. The number of amides is 1. The Kier molecular flexibility index (Phi) is 5.16. The normalized spacial score (nSPS) is 11.0. The average molecular weight is 319 g/mol. The van der Waals surface area contributed by atoms with Crippen molar-refractivity contribution in [2.45, 2.75) is 11.3 Å². The van der Waals surface area contributed by atoms with E-state index in [4.69, 9.17) is 4.74 Å². The van der Waals surface area contributed by atoms with Gasteiger partial charge in [-0.25, -0.2) is 8.42 Å². The molecule has 0 aliphatic carbocycles. The minimum Gasteiger partial charge on any atom is -0.497 e. The first kappa shape index (κ1) is 16.0. The number of nitrogens with one attached hydrogen (secondary N) is 1. The smallest absolute Gasteiger partial charge is 0.225 e. The molecule has 0 aliphatic rings. The minimum absolute atomic E-state index is 0.103. The predicted octanol–water partition coefficient (Wildman–Crippen LogP) is 2.50. The maximum atomic E-state index is 12.1. The number of ether oxygens (including phenoxy) is 1. The van der Waals surface area contributed by atoms with Crippen molar-refractivity contribution in [3.05, 3.63) is 54.6 Å². The van der Waals surface area contributed by atoms with E-state index in [2.05, 4.69) is 5.32 Å². The fourth-order valence-corrected chi connectivity index (χ4v) is 3.16. The monoisotopic (exact) mass is 319 g/mol. The summed E-state index contributed by atoms with van der Waals surface area (Å²) >= 11 is 0. The number of methoxy groups -OCH3 is 1. The van der Waals surface area contributed by atoms with Crippen LogP contribution in [0.3, 0.4) is 0 Å². The van der Waals surface area contributed by atoms with Crippen molar-refractivity contribution in [1.82, 2.24) is 0 Å². The van der Waals surface area contributed by atoms with Crippen LogP contribution in [0, 0.1) is 0 Å². The average Bonchev–Trinajstić information content (AvgIpc) is 2.54. The third-order valence-corrected chi connectivity index (χ3v) is 4.79. The van der Waals surface area contributed by atoms with Gasteiger partial charge in [-0.3, -0.25) is 4.79 Å². The van der Waals surface area contributed by atoms with Gasteiger partial charge in [0, 0.05) is 18.2 Å². The summed E-state index contributed by atoms with van der Waals surface area (Å²) in [6, 6.07) is 15.0. The highest BCUT2D eigenvalue weighted by atomic mass is 32.2. The van der Waals surface area contributed by atoms with Crippen LogP contribution in [0.25, 0.3) is 0 Å². The van der Waals surface area contributed by atoms with E-state index in [1.165, 1.54) is 19.2 Å². The zero-order chi connectivity index (χ0) is 16.0. The third-order valence-electron chi connectivity index (χ3n) is 3.05. The van der Waals surface area contributed by atoms with Crippen molar-refractivity contribution in [3.8, 4) is 5.75 Å². The molecule has 2 rings (SSSR count). The van der Waals surface area contributed by atoms with E-state index in [0.717, 1.165) is 0 Å². The molecule has 22 heavy (non-hydrogen) atoms. The summed E-state index contributed by atoms with van der Waals surface area (Å²) in [5.74, 6) is 0.0368. The Hall–Kier alpha value is -2.34. The fourth-order valence-electron chi connectivity index (χ4n) is 1.90. The number of sulfone groups is 1. The number of anilines is 1. The van der Waals surface area contributed by atoms with Gasteiger partial charge in [-0.15, -0.1) is 0 Å². The van der Waals surface area contributed by atoms with Crippen molar-refractivity contribution in [2.75, 3.05) is 18.2 Å². The largest absolute Gasteiger partial charge is 0.497 e. The standard InChI is InChI=1S/C16H17NO4S/c1-21-14-7-5-6-13(12-14)17-16(18)10-11-22(19,20)15-8-3-2-4-9-15/h2-9,12H,10-11H2,1H3,(H,17,18). The van der Waals surface area contributed by atoms with Crippen LogP contribution in [-0.4, -0.2) is 27.2 Å². The van der Waals surface area contributed by atoms with Crippen molar-refractivity contribution >= 4 is 21.4 Å². The molecular weight excluding hydrogens is 302 g/mol. The first-order valence-corrected chi connectivity index (χ1v) is 8.38. The summed E-state index contributed by atoms with van der Waals surface area (Å²) in [4.78, 5) is 12.1. The van der Waals surface area contributed by atoms with E-state index in [1.54, 1.807) is 42.5 Å². The molecule has 1 N–H and O–H groups in total. The second kappa shape index (κ2) is 7.09. The molecular formula is C16H17NO4S. The van der Waals surface area contributed by atoms with E-state index in [9.17, 15) is 13.2 Å². The highest BCUT2D eigenvalue weighted by Gasteiger charge is 2.16. The van der Waals surface area contributed by atoms with E-state index in [0.29, 0.717) is 11.4 Å². The van der Waals surface area contributed by atoms with Crippen LogP contribution < -0.4 is 10.1 Å². The molecule has 0 saturated carbocycles. The fraction of sp³-hybridized carbons (Fsp3) is 0.188. The Morgan fingerprint density at radius 3 is 2.50 bits per heavy atom. The van der Waals surface area contributed by atoms with Gasteiger partial charge in [0.15, 0.2) is 9.84 Å². The van der Waals surface area contributed by atoms with Gasteiger partial charge < -0.3 is 10.1 Å². The summed E-state index contributed by atoms with van der Waals surface area (Å²) in [6.07, 6.45) is -0.103. The molecule has 2 aromatic carbocycles. The molecule has 5 nitrogen and oxygen atoms in total. The topological polar surface area (TPSA) is 72.5 Å². The van der Waals surface area contributed by atoms with E-state index in [1.807, 2.05) is 0 Å². The summed E-state index contributed by atoms with van der Waals surface area (Å²) in [5.41, 5.74) is 0.571. The molecule has 1 amide bonds. The van der Waals surface area contributed by atoms with Crippen LogP contribution in [0.2, 0.25) is 0 Å². The minimum atomic E-state index is -3.45. The van der Waals surface area contributed by atoms with Gasteiger partial charge >= 0.3 is 0 Å². The van der Waals surface area contributed by atoms with E-state index >= 15 is 0 Å². The van der Waals surface area contributed by atoms with Crippen molar-refractivity contribution in [1.29, 1.82) is 0 Å². The van der Waals surface area contributed by atoms with Gasteiger partial charge in [0.05, 0.1) is 17.8 Å². The first-order chi connectivity index (χ1) is 10.5. The van der Waals surface area contributed by atoms with Gasteiger partial charge in [-0.05, 0) is 24.3 Å². The molecule has 0 heterocycles. The molecule has 0 bridgehead atoms. The Morgan fingerprint density at radius 1 is 1.09 bits per heavy atom. The Morgan fingerprint density at radius 2 is 1.82 bits per heavy atom. The van der Waals surface area contributed by atoms with Crippen molar-refractivity contribution in [3.63, 3.8) is 0 Å². The summed E-state index contributed by atoms with van der Waals surface area (Å²) in [6.45, 7) is 0. The molecule has 0 fully saturated rings. The van der Waals surface area contributed by atoms with Crippen LogP contribution in [0.1, 0.15) is 6.42 Å². The second-order valence-electron chi connectivity index (χ2n) is 4.66. The highest BCUT2D eigenvalue weighted by Crippen LogP contribution is 2.17. The SMILES string of the molecule is COc1cccc(NC(=O)CCS(=O)(=O)c2ccccc2)c1. The van der Waals surface area contributed by atoms with Crippen LogP contribution in [0.4, 0.5) is 5.69 Å². The molecule has 0 radical (unpaired) electrons. The molecule has 0 unspecified atom stereocenters. The van der Waals surface area contributed by atoms with Gasteiger partial charge in [-0.2, -0.15) is 0 Å². The first-order valence-electron chi connectivity index (χ1n) is 6.73. The number of carbonyl (C=O) groups is 1. The number of hydrogen-bond acceptors (Lipinski definition) is 4.